The summed E-state index contributed by atoms with van der Waals surface area (Å²) in [6, 6.07) is 24.8. The summed E-state index contributed by atoms with van der Waals surface area (Å²) in [5.41, 5.74) is 3.96. The molecule has 0 spiro atoms. The fraction of sp³-hybridized carbons (Fsp3) is 0. The maximum atomic E-state index is 12.7. The van der Waals surface area contributed by atoms with Crippen molar-refractivity contribution in [3.63, 3.8) is 0 Å². The average molecular weight is 379 g/mol. The molecule has 5 rings (SSSR count). The standard InChI is InChI=1S/C23H17N5O/c29-23(17-9-11-20(12-10-17)27-13-3-4-14-27)24-19-7-5-6-18(16-19)22-26-25-21-8-1-2-15-28(21)22/h1-16H,(H,24,29). The molecule has 0 radical (unpaired) electrons. The molecule has 29 heavy (non-hydrogen) atoms. The average Bonchev–Trinajstić information content (AvgIpc) is 3.44. The van der Waals surface area contributed by atoms with Crippen molar-refractivity contribution in [3.8, 4) is 17.1 Å². The highest BCUT2D eigenvalue weighted by atomic mass is 16.1. The highest BCUT2D eigenvalue weighted by Gasteiger charge is 2.10. The third-order valence-electron chi connectivity index (χ3n) is 4.72. The van der Waals surface area contributed by atoms with Gasteiger partial charge >= 0.3 is 0 Å². The van der Waals surface area contributed by atoms with Crippen LogP contribution in [0.1, 0.15) is 10.4 Å². The second kappa shape index (κ2) is 7.09. The number of hydrogen-bond donors (Lipinski definition) is 1. The third-order valence-corrected chi connectivity index (χ3v) is 4.72. The van der Waals surface area contributed by atoms with E-state index in [-0.39, 0.29) is 5.91 Å². The Kier molecular flexibility index (Phi) is 4.14. The largest absolute Gasteiger partial charge is 0.324 e. The minimum Gasteiger partial charge on any atom is -0.324 e. The molecule has 0 saturated heterocycles. The molecule has 5 aromatic rings. The Morgan fingerprint density at radius 2 is 1.59 bits per heavy atom. The van der Waals surface area contributed by atoms with Gasteiger partial charge in [0, 0.05) is 41.1 Å². The van der Waals surface area contributed by atoms with Gasteiger partial charge in [-0.1, -0.05) is 18.2 Å². The van der Waals surface area contributed by atoms with Gasteiger partial charge in [-0.15, -0.1) is 10.2 Å². The highest BCUT2D eigenvalue weighted by Crippen LogP contribution is 2.22. The van der Waals surface area contributed by atoms with Crippen molar-refractivity contribution in [2.24, 2.45) is 0 Å². The maximum Gasteiger partial charge on any atom is 0.255 e. The monoisotopic (exact) mass is 379 g/mol. The summed E-state index contributed by atoms with van der Waals surface area (Å²) >= 11 is 0. The van der Waals surface area contributed by atoms with Gasteiger partial charge in [0.25, 0.3) is 5.91 Å². The van der Waals surface area contributed by atoms with Gasteiger partial charge in [0.15, 0.2) is 11.5 Å². The maximum absolute atomic E-state index is 12.7. The number of pyridine rings is 1. The summed E-state index contributed by atoms with van der Waals surface area (Å²) in [6.07, 6.45) is 5.85. The van der Waals surface area contributed by atoms with E-state index in [0.717, 1.165) is 22.7 Å². The van der Waals surface area contributed by atoms with Crippen LogP contribution in [-0.2, 0) is 0 Å². The van der Waals surface area contributed by atoms with E-state index in [9.17, 15) is 4.79 Å². The highest BCUT2D eigenvalue weighted by molar-refractivity contribution is 6.04. The molecule has 0 fully saturated rings. The van der Waals surface area contributed by atoms with Crippen LogP contribution in [0, 0.1) is 0 Å². The van der Waals surface area contributed by atoms with Crippen molar-refractivity contribution in [1.29, 1.82) is 0 Å². The smallest absolute Gasteiger partial charge is 0.255 e. The molecule has 0 aliphatic heterocycles. The zero-order valence-corrected chi connectivity index (χ0v) is 15.4. The summed E-state index contributed by atoms with van der Waals surface area (Å²) in [6.45, 7) is 0. The van der Waals surface area contributed by atoms with Crippen LogP contribution in [0.2, 0.25) is 0 Å². The summed E-state index contributed by atoms with van der Waals surface area (Å²) in [5.74, 6) is 0.570. The van der Waals surface area contributed by atoms with Gasteiger partial charge in [0.2, 0.25) is 0 Å². The first-order valence-electron chi connectivity index (χ1n) is 9.23. The van der Waals surface area contributed by atoms with Gasteiger partial charge < -0.3 is 9.88 Å². The molecule has 0 bridgehead atoms. The number of rotatable bonds is 4. The van der Waals surface area contributed by atoms with Crippen LogP contribution in [0.4, 0.5) is 5.69 Å². The van der Waals surface area contributed by atoms with E-state index >= 15 is 0 Å². The molecule has 0 aliphatic carbocycles. The van der Waals surface area contributed by atoms with E-state index in [1.165, 1.54) is 0 Å². The number of hydrogen-bond acceptors (Lipinski definition) is 3. The molecule has 6 nitrogen and oxygen atoms in total. The fourth-order valence-electron chi connectivity index (χ4n) is 3.27. The van der Waals surface area contributed by atoms with Crippen LogP contribution in [0.5, 0.6) is 0 Å². The second-order valence-electron chi connectivity index (χ2n) is 6.62. The lowest BCUT2D eigenvalue weighted by Gasteiger charge is -2.08. The van der Waals surface area contributed by atoms with E-state index in [4.69, 9.17) is 0 Å². The van der Waals surface area contributed by atoms with Crippen LogP contribution in [0.15, 0.2) is 97.5 Å². The number of anilines is 1. The number of fused-ring (bicyclic) bond motifs is 1. The van der Waals surface area contributed by atoms with Crippen LogP contribution < -0.4 is 5.32 Å². The second-order valence-corrected chi connectivity index (χ2v) is 6.62. The number of carbonyl (C=O) groups is 1. The first-order chi connectivity index (χ1) is 14.3. The molecule has 1 amide bonds. The topological polar surface area (TPSA) is 64.2 Å². The summed E-state index contributed by atoms with van der Waals surface area (Å²) in [4.78, 5) is 12.7. The molecule has 0 aliphatic rings. The first-order valence-corrected chi connectivity index (χ1v) is 9.23. The van der Waals surface area contributed by atoms with Crippen molar-refractivity contribution in [2.75, 3.05) is 5.32 Å². The van der Waals surface area contributed by atoms with Gasteiger partial charge in [0.1, 0.15) is 0 Å². The number of carbonyl (C=O) groups excluding carboxylic acids is 1. The van der Waals surface area contributed by atoms with Gasteiger partial charge in [-0.3, -0.25) is 9.20 Å². The lowest BCUT2D eigenvalue weighted by atomic mass is 10.1. The molecule has 0 unspecified atom stereocenters. The Morgan fingerprint density at radius 1 is 0.793 bits per heavy atom. The summed E-state index contributed by atoms with van der Waals surface area (Å²) in [5, 5.41) is 11.4. The molecule has 2 aromatic carbocycles. The predicted octanol–water partition coefficient (Wildman–Crippen LogP) is 4.44. The van der Waals surface area contributed by atoms with Crippen LogP contribution >= 0.6 is 0 Å². The number of benzene rings is 2. The van der Waals surface area contributed by atoms with E-state index in [2.05, 4.69) is 15.5 Å². The van der Waals surface area contributed by atoms with Crippen molar-refractivity contribution < 1.29 is 4.79 Å². The number of nitrogens with zero attached hydrogens (tertiary/aromatic N) is 4. The quantitative estimate of drug-likeness (QED) is 0.502. The van der Waals surface area contributed by atoms with Gasteiger partial charge in [-0.2, -0.15) is 0 Å². The van der Waals surface area contributed by atoms with Crippen LogP contribution in [0.3, 0.4) is 0 Å². The minimum absolute atomic E-state index is 0.160. The molecular formula is C23H17N5O. The normalized spacial score (nSPS) is 10.9. The van der Waals surface area contributed by atoms with Gasteiger partial charge in [-0.05, 0) is 60.7 Å². The predicted molar refractivity (Wildman–Crippen MR) is 112 cm³/mol. The molecule has 140 valence electrons. The third kappa shape index (κ3) is 3.27. The summed E-state index contributed by atoms with van der Waals surface area (Å²) < 4.78 is 3.91. The molecule has 0 atom stereocenters. The first kappa shape index (κ1) is 16.9. The Balaban J connectivity index is 1.38. The molecule has 6 heteroatoms. The molecular weight excluding hydrogens is 362 g/mol. The van der Waals surface area contributed by atoms with E-state index in [1.54, 1.807) is 0 Å². The number of amides is 1. The Morgan fingerprint density at radius 3 is 2.41 bits per heavy atom. The molecule has 3 aromatic heterocycles. The zero-order chi connectivity index (χ0) is 19.6. The van der Waals surface area contributed by atoms with E-state index in [0.29, 0.717) is 11.3 Å². The SMILES string of the molecule is O=C(Nc1cccc(-c2nnc3ccccn23)c1)c1ccc(-n2cccc2)cc1. The van der Waals surface area contributed by atoms with Gasteiger partial charge in [-0.25, -0.2) is 0 Å². The Labute approximate surface area is 167 Å². The lowest BCUT2D eigenvalue weighted by Crippen LogP contribution is -2.12. The Bertz CT molecular complexity index is 1290. The Hall–Kier alpha value is -4.19. The molecule has 0 saturated carbocycles. The van der Waals surface area contributed by atoms with Crippen LogP contribution in [0.25, 0.3) is 22.7 Å². The van der Waals surface area contributed by atoms with Gasteiger partial charge in [0.05, 0.1) is 0 Å². The fourth-order valence-corrected chi connectivity index (χ4v) is 3.27. The molecule has 1 N–H and O–H groups in total. The lowest BCUT2D eigenvalue weighted by molar-refractivity contribution is 0.102. The number of aromatic nitrogens is 4. The van der Waals surface area contributed by atoms with Crippen molar-refractivity contribution in [2.45, 2.75) is 0 Å². The van der Waals surface area contributed by atoms with E-state index < -0.39 is 0 Å². The van der Waals surface area contributed by atoms with Crippen molar-refractivity contribution in [3.05, 3.63) is 103 Å². The van der Waals surface area contributed by atoms with E-state index in [1.807, 2.05) is 106 Å². The van der Waals surface area contributed by atoms with Crippen molar-refractivity contribution >= 4 is 17.2 Å². The molecule has 3 heterocycles. The summed E-state index contributed by atoms with van der Waals surface area (Å²) in [7, 11) is 0. The minimum atomic E-state index is -0.160. The zero-order valence-electron chi connectivity index (χ0n) is 15.4. The number of nitrogens with one attached hydrogen (secondary N) is 1. The van der Waals surface area contributed by atoms with Crippen molar-refractivity contribution in [1.82, 2.24) is 19.2 Å². The van der Waals surface area contributed by atoms with Crippen LogP contribution in [-0.4, -0.2) is 25.1 Å².